The van der Waals surface area contributed by atoms with Crippen molar-refractivity contribution in [2.75, 3.05) is 30.5 Å². The molecule has 4 aliphatic rings. The van der Waals surface area contributed by atoms with Crippen LogP contribution in [-0.2, 0) is 24.9 Å². The first kappa shape index (κ1) is 25.5. The lowest BCUT2D eigenvalue weighted by atomic mass is 9.64. The molecule has 0 spiro atoms. The van der Waals surface area contributed by atoms with E-state index in [9.17, 15) is 18.3 Å². The van der Waals surface area contributed by atoms with Gasteiger partial charge in [0.2, 0.25) is 0 Å². The number of nitrogens with zero attached hydrogens (tertiary/aromatic N) is 1. The molecule has 8 nitrogen and oxygen atoms in total. The molecule has 9 heteroatoms. The van der Waals surface area contributed by atoms with Crippen molar-refractivity contribution in [3.8, 4) is 29.4 Å². The third-order valence-corrected chi connectivity index (χ3v) is 9.45. The first-order valence-corrected chi connectivity index (χ1v) is 14.6. The van der Waals surface area contributed by atoms with Gasteiger partial charge in [-0.1, -0.05) is 41.9 Å². The maximum Gasteiger partial charge on any atom is 0.415 e. The normalized spacial score (nSPS) is 28.3. The van der Waals surface area contributed by atoms with Crippen molar-refractivity contribution in [1.82, 2.24) is 0 Å². The van der Waals surface area contributed by atoms with Gasteiger partial charge in [0.15, 0.2) is 9.84 Å². The topological polar surface area (TPSA) is 106 Å². The van der Waals surface area contributed by atoms with Crippen LogP contribution in [0, 0.1) is 29.6 Å². The lowest BCUT2D eigenvalue weighted by Gasteiger charge is -2.43. The summed E-state index contributed by atoms with van der Waals surface area (Å²) in [5.41, 5.74) is -0.216. The van der Waals surface area contributed by atoms with Crippen LogP contribution < -0.4 is 9.64 Å². The van der Waals surface area contributed by atoms with Crippen LogP contribution in [0.4, 0.5) is 10.5 Å². The van der Waals surface area contributed by atoms with E-state index in [1.807, 2.05) is 6.07 Å². The second kappa shape index (κ2) is 9.77. The number of fused-ring (bicyclic) bond motifs is 1. The summed E-state index contributed by atoms with van der Waals surface area (Å²) in [6.45, 7) is -0.320. The molecule has 2 aromatic rings. The lowest BCUT2D eigenvalue weighted by molar-refractivity contribution is 0.153. The minimum atomic E-state index is -3.63. The highest BCUT2D eigenvalue weighted by Crippen LogP contribution is 2.72. The number of carbonyl (C=O) groups excluding carboxylic acids is 1. The average Bonchev–Trinajstić information content (AvgIpc) is 3.66. The molecule has 1 saturated heterocycles. The molecule has 2 aliphatic heterocycles. The minimum Gasteiger partial charge on any atom is -0.491 e. The quantitative estimate of drug-likeness (QED) is 0.421. The Morgan fingerprint density at radius 2 is 1.90 bits per heavy atom. The summed E-state index contributed by atoms with van der Waals surface area (Å²) in [6, 6.07) is 12.8. The summed E-state index contributed by atoms with van der Waals surface area (Å²) < 4.78 is 43.4. The lowest BCUT2D eigenvalue weighted by Crippen LogP contribution is -2.57. The zero-order chi connectivity index (χ0) is 27.1. The average molecular weight is 546 g/mol. The van der Waals surface area contributed by atoms with Gasteiger partial charge in [-0.3, -0.25) is 4.90 Å². The van der Waals surface area contributed by atoms with Gasteiger partial charge in [0, 0.05) is 5.56 Å². The fourth-order valence-corrected chi connectivity index (χ4v) is 7.21. The second-order valence-electron chi connectivity index (χ2n) is 9.85. The highest BCUT2D eigenvalue weighted by atomic mass is 32.2. The number of aliphatic hydroxyl groups is 1. The van der Waals surface area contributed by atoms with Crippen LogP contribution in [0.3, 0.4) is 0 Å². The summed E-state index contributed by atoms with van der Waals surface area (Å²) >= 11 is 0. The molecule has 1 N–H and O–H groups in total. The molecule has 4 bridgehead atoms. The van der Waals surface area contributed by atoms with Crippen LogP contribution in [0.2, 0.25) is 0 Å². The molecular formula is C30H27NO7S. The number of hydrogen-bond acceptors (Lipinski definition) is 7. The van der Waals surface area contributed by atoms with Crippen molar-refractivity contribution in [3.63, 3.8) is 0 Å². The van der Waals surface area contributed by atoms with Gasteiger partial charge in [-0.2, -0.15) is 0 Å². The largest absolute Gasteiger partial charge is 0.491 e. The van der Waals surface area contributed by atoms with Gasteiger partial charge >= 0.3 is 6.09 Å². The SMILES string of the molecule is O=C(OCCS(=O)(=O)c1ccccc1)N1c2ccc(OCCO)cc2[C@@]23O[C@]24CCC[C@@H]3C#C/C=C\C#C[C@H]14. The number of amides is 1. The van der Waals surface area contributed by atoms with E-state index >= 15 is 0 Å². The molecule has 1 saturated carbocycles. The van der Waals surface area contributed by atoms with Gasteiger partial charge in [0.1, 0.15) is 36.2 Å². The van der Waals surface area contributed by atoms with Crippen molar-refractivity contribution in [2.45, 2.75) is 41.4 Å². The van der Waals surface area contributed by atoms with Gasteiger partial charge in [-0.05, 0) is 61.7 Å². The Bertz CT molecular complexity index is 1560. The van der Waals surface area contributed by atoms with Crippen molar-refractivity contribution in [2.24, 2.45) is 5.92 Å². The maximum absolute atomic E-state index is 13.7. The van der Waals surface area contributed by atoms with Gasteiger partial charge in [0.25, 0.3) is 0 Å². The number of anilines is 1. The van der Waals surface area contributed by atoms with Gasteiger partial charge in [0.05, 0.1) is 28.9 Å². The summed E-state index contributed by atoms with van der Waals surface area (Å²) in [4.78, 5) is 15.4. The number of ether oxygens (including phenoxy) is 3. The molecule has 6 rings (SSSR count). The molecule has 39 heavy (non-hydrogen) atoms. The van der Waals surface area contributed by atoms with E-state index in [0.717, 1.165) is 18.4 Å². The van der Waals surface area contributed by atoms with Crippen LogP contribution in [0.15, 0.2) is 65.6 Å². The van der Waals surface area contributed by atoms with Crippen LogP contribution in [0.1, 0.15) is 24.8 Å². The fourth-order valence-electron chi connectivity index (χ4n) is 6.10. The predicted octanol–water partition coefficient (Wildman–Crippen LogP) is 3.20. The maximum atomic E-state index is 13.7. The van der Waals surface area contributed by atoms with E-state index in [2.05, 4.69) is 23.7 Å². The highest BCUT2D eigenvalue weighted by molar-refractivity contribution is 7.91. The number of rotatable bonds is 7. The van der Waals surface area contributed by atoms with E-state index in [-0.39, 0.29) is 36.4 Å². The predicted molar refractivity (Wildman–Crippen MR) is 143 cm³/mol. The number of sulfone groups is 1. The zero-order valence-electron chi connectivity index (χ0n) is 21.1. The molecular weight excluding hydrogens is 518 g/mol. The van der Waals surface area contributed by atoms with E-state index < -0.39 is 33.2 Å². The van der Waals surface area contributed by atoms with Gasteiger partial charge in [-0.25, -0.2) is 13.2 Å². The Hall–Kier alpha value is -3.76. The van der Waals surface area contributed by atoms with E-state index in [1.54, 1.807) is 42.5 Å². The number of epoxide rings is 1. The third-order valence-electron chi connectivity index (χ3n) is 7.75. The summed E-state index contributed by atoms with van der Waals surface area (Å²) in [6.07, 6.45) is 5.04. The van der Waals surface area contributed by atoms with Crippen LogP contribution in [-0.4, -0.2) is 56.8 Å². The van der Waals surface area contributed by atoms with E-state index in [0.29, 0.717) is 17.9 Å². The van der Waals surface area contributed by atoms with E-state index in [4.69, 9.17) is 14.2 Å². The first-order chi connectivity index (χ1) is 18.9. The molecule has 2 heterocycles. The van der Waals surface area contributed by atoms with E-state index in [1.165, 1.54) is 17.0 Å². The number of aliphatic hydroxyl groups excluding tert-OH is 1. The van der Waals surface area contributed by atoms with Crippen LogP contribution >= 0.6 is 0 Å². The molecule has 0 radical (unpaired) electrons. The molecule has 4 atom stereocenters. The standard InChI is InChI=1S/C30H27NO7S/c32-17-18-36-23-14-15-26-25(21-23)30-22-9-4-1-2-7-13-27(29(30,38-30)16-8-10-22)31(26)28(33)37-19-20-39(34,35)24-11-5-3-6-12-24/h1-3,5-6,11-12,14-15,21-22,27,32H,8,10,16-20H2/b2-1-/t22-,27-,29-,30+/m0/s1. The van der Waals surface area contributed by atoms with Crippen molar-refractivity contribution in [3.05, 3.63) is 66.2 Å². The first-order valence-electron chi connectivity index (χ1n) is 12.9. The summed E-state index contributed by atoms with van der Waals surface area (Å²) in [5.74, 6) is 12.8. The minimum absolute atomic E-state index is 0.112. The van der Waals surface area contributed by atoms with Crippen LogP contribution in [0.5, 0.6) is 5.75 Å². The number of carbonyl (C=O) groups is 1. The molecule has 2 fully saturated rings. The van der Waals surface area contributed by atoms with Gasteiger partial charge < -0.3 is 19.3 Å². The molecule has 0 unspecified atom stereocenters. The van der Waals surface area contributed by atoms with Crippen molar-refractivity contribution >= 4 is 21.6 Å². The Morgan fingerprint density at radius 3 is 2.69 bits per heavy atom. The smallest absolute Gasteiger partial charge is 0.415 e. The molecule has 200 valence electrons. The Kier molecular flexibility index (Phi) is 6.39. The number of benzene rings is 2. The molecule has 0 aromatic heterocycles. The molecule has 2 aromatic carbocycles. The Balaban J connectivity index is 1.37. The Morgan fingerprint density at radius 1 is 1.10 bits per heavy atom. The Labute approximate surface area is 227 Å². The monoisotopic (exact) mass is 545 g/mol. The van der Waals surface area contributed by atoms with Crippen molar-refractivity contribution < 1.29 is 32.5 Å². The molecule has 1 amide bonds. The number of allylic oxidation sites excluding steroid dienone is 2. The van der Waals surface area contributed by atoms with Crippen molar-refractivity contribution in [1.29, 1.82) is 0 Å². The van der Waals surface area contributed by atoms with Gasteiger partial charge in [-0.15, -0.1) is 0 Å². The number of hydrogen-bond donors (Lipinski definition) is 1. The fraction of sp³-hybridized carbons (Fsp3) is 0.367. The second-order valence-corrected chi connectivity index (χ2v) is 12.0. The van der Waals surface area contributed by atoms with Crippen LogP contribution in [0.25, 0.3) is 0 Å². The zero-order valence-corrected chi connectivity index (χ0v) is 21.9. The summed E-state index contributed by atoms with van der Waals surface area (Å²) in [7, 11) is -3.63. The third kappa shape index (κ3) is 4.09. The highest BCUT2D eigenvalue weighted by Gasteiger charge is 2.81. The summed E-state index contributed by atoms with van der Waals surface area (Å²) in [5, 5.41) is 9.25. The molecule has 2 aliphatic carbocycles.